The van der Waals surface area contributed by atoms with Crippen molar-refractivity contribution in [3.8, 4) is 0 Å². The van der Waals surface area contributed by atoms with Crippen LogP contribution in [0.3, 0.4) is 0 Å². The third kappa shape index (κ3) is 3.08. The largest absolute Gasteiger partial charge is 0.373 e. The zero-order valence-electron chi connectivity index (χ0n) is 10.6. The first-order valence-electron chi connectivity index (χ1n) is 6.10. The van der Waals surface area contributed by atoms with Crippen molar-refractivity contribution in [2.75, 3.05) is 19.7 Å². The first-order chi connectivity index (χ1) is 9.01. The molecule has 2 rings (SSSR count). The number of amides is 1. The van der Waals surface area contributed by atoms with Crippen molar-refractivity contribution >= 4 is 5.91 Å². The Bertz CT molecular complexity index is 461. The van der Waals surface area contributed by atoms with E-state index in [4.69, 9.17) is 10.5 Å². The molecule has 1 aromatic rings. The van der Waals surface area contributed by atoms with E-state index in [2.05, 4.69) is 0 Å². The fourth-order valence-electron chi connectivity index (χ4n) is 2.09. The lowest BCUT2D eigenvalue weighted by Crippen LogP contribution is -2.52. The summed E-state index contributed by atoms with van der Waals surface area (Å²) in [7, 11) is 0. The van der Waals surface area contributed by atoms with Crippen molar-refractivity contribution in [2.45, 2.75) is 19.1 Å². The van der Waals surface area contributed by atoms with E-state index in [0.29, 0.717) is 19.7 Å². The van der Waals surface area contributed by atoms with Crippen LogP contribution < -0.4 is 5.73 Å². The second-order valence-electron chi connectivity index (χ2n) is 4.66. The van der Waals surface area contributed by atoms with E-state index < -0.39 is 17.5 Å². The van der Waals surface area contributed by atoms with Crippen LogP contribution in [0.2, 0.25) is 0 Å². The van der Waals surface area contributed by atoms with Gasteiger partial charge in [0.05, 0.1) is 18.8 Å². The molecule has 4 nitrogen and oxygen atoms in total. The lowest BCUT2D eigenvalue weighted by molar-refractivity contribution is -0.0426. The minimum atomic E-state index is -0.764. The first kappa shape index (κ1) is 13.9. The summed E-state index contributed by atoms with van der Waals surface area (Å²) >= 11 is 0. The van der Waals surface area contributed by atoms with Crippen LogP contribution in [-0.4, -0.2) is 42.6 Å². The summed E-state index contributed by atoms with van der Waals surface area (Å²) < 4.78 is 31.7. The molecule has 104 valence electrons. The van der Waals surface area contributed by atoms with Crippen LogP contribution in [0.5, 0.6) is 0 Å². The Morgan fingerprint density at radius 2 is 2.05 bits per heavy atom. The van der Waals surface area contributed by atoms with E-state index in [1.54, 1.807) is 0 Å². The number of ether oxygens (including phenoxy) is 1. The van der Waals surface area contributed by atoms with Crippen molar-refractivity contribution in [1.29, 1.82) is 0 Å². The zero-order valence-corrected chi connectivity index (χ0v) is 10.6. The maximum atomic E-state index is 13.1. The molecule has 1 heterocycles. The highest BCUT2D eigenvalue weighted by molar-refractivity contribution is 5.94. The molecule has 1 aliphatic heterocycles. The summed E-state index contributed by atoms with van der Waals surface area (Å²) in [5.41, 5.74) is 5.52. The molecule has 0 saturated carbocycles. The molecule has 1 saturated heterocycles. The molecular weight excluding hydrogens is 254 g/mol. The molecule has 6 heteroatoms. The van der Waals surface area contributed by atoms with Gasteiger partial charge in [0.1, 0.15) is 11.6 Å². The van der Waals surface area contributed by atoms with Crippen molar-refractivity contribution in [3.05, 3.63) is 35.4 Å². The van der Waals surface area contributed by atoms with Crippen LogP contribution in [0.15, 0.2) is 18.2 Å². The molecule has 1 aromatic carbocycles. The molecule has 0 spiro atoms. The maximum absolute atomic E-state index is 13.1. The predicted molar refractivity (Wildman–Crippen MR) is 65.7 cm³/mol. The summed E-state index contributed by atoms with van der Waals surface area (Å²) in [6.45, 7) is 2.81. The SMILES string of the molecule is CC1COC(CN)CN1C(=O)c1cc(F)cc(F)c1. The first-order valence-corrected chi connectivity index (χ1v) is 6.10. The fourth-order valence-corrected chi connectivity index (χ4v) is 2.09. The van der Waals surface area contributed by atoms with E-state index in [0.717, 1.165) is 18.2 Å². The Kier molecular flexibility index (Phi) is 4.11. The van der Waals surface area contributed by atoms with Crippen LogP contribution in [0.25, 0.3) is 0 Å². The van der Waals surface area contributed by atoms with Crippen molar-refractivity contribution < 1.29 is 18.3 Å². The highest BCUT2D eigenvalue weighted by Gasteiger charge is 2.29. The van der Waals surface area contributed by atoms with Crippen molar-refractivity contribution in [2.24, 2.45) is 5.73 Å². The Morgan fingerprint density at radius 1 is 1.42 bits per heavy atom. The van der Waals surface area contributed by atoms with Gasteiger partial charge in [-0.2, -0.15) is 0 Å². The smallest absolute Gasteiger partial charge is 0.254 e. The molecule has 19 heavy (non-hydrogen) atoms. The van der Waals surface area contributed by atoms with Gasteiger partial charge in [-0.1, -0.05) is 0 Å². The minimum absolute atomic E-state index is 0.00187. The summed E-state index contributed by atoms with van der Waals surface area (Å²) in [6, 6.07) is 2.65. The topological polar surface area (TPSA) is 55.6 Å². The Labute approximate surface area is 110 Å². The van der Waals surface area contributed by atoms with Gasteiger partial charge in [-0.15, -0.1) is 0 Å². The van der Waals surface area contributed by atoms with Crippen LogP contribution in [0, 0.1) is 11.6 Å². The Morgan fingerprint density at radius 3 is 2.63 bits per heavy atom. The molecule has 0 bridgehead atoms. The summed E-state index contributed by atoms with van der Waals surface area (Å²) in [6.07, 6.45) is -0.237. The molecule has 0 aromatic heterocycles. The molecule has 1 amide bonds. The van der Waals surface area contributed by atoms with E-state index in [1.165, 1.54) is 4.90 Å². The van der Waals surface area contributed by atoms with E-state index in [-0.39, 0.29) is 17.7 Å². The number of nitrogens with zero attached hydrogens (tertiary/aromatic N) is 1. The van der Waals surface area contributed by atoms with E-state index in [9.17, 15) is 13.6 Å². The molecule has 1 fully saturated rings. The summed E-state index contributed by atoms with van der Waals surface area (Å²) in [5, 5.41) is 0. The highest BCUT2D eigenvalue weighted by Crippen LogP contribution is 2.17. The number of nitrogens with two attached hydrogens (primary N) is 1. The second kappa shape index (κ2) is 5.63. The summed E-state index contributed by atoms with van der Waals surface area (Å²) in [5.74, 6) is -1.94. The van der Waals surface area contributed by atoms with Gasteiger partial charge < -0.3 is 15.4 Å². The number of halogens is 2. The van der Waals surface area contributed by atoms with E-state index >= 15 is 0 Å². The minimum Gasteiger partial charge on any atom is -0.373 e. The van der Waals surface area contributed by atoms with Gasteiger partial charge >= 0.3 is 0 Å². The van der Waals surface area contributed by atoms with Gasteiger partial charge in [-0.25, -0.2) is 8.78 Å². The van der Waals surface area contributed by atoms with Gasteiger partial charge in [-0.05, 0) is 19.1 Å². The number of carbonyl (C=O) groups is 1. The number of hydrogen-bond acceptors (Lipinski definition) is 3. The number of rotatable bonds is 2. The van der Waals surface area contributed by atoms with Crippen molar-refractivity contribution in [3.63, 3.8) is 0 Å². The Balaban J connectivity index is 2.21. The highest BCUT2D eigenvalue weighted by atomic mass is 19.1. The predicted octanol–water partition coefficient (Wildman–Crippen LogP) is 1.15. The normalized spacial score (nSPS) is 23.5. The van der Waals surface area contributed by atoms with Gasteiger partial charge in [0.15, 0.2) is 0 Å². The lowest BCUT2D eigenvalue weighted by Gasteiger charge is -2.37. The molecule has 0 aliphatic carbocycles. The average molecular weight is 270 g/mol. The standard InChI is InChI=1S/C13H16F2N2O2/c1-8-7-19-12(5-16)6-17(8)13(18)9-2-10(14)4-11(15)3-9/h2-4,8,12H,5-7,16H2,1H3. The number of hydrogen-bond donors (Lipinski definition) is 1. The van der Waals surface area contributed by atoms with Crippen molar-refractivity contribution in [1.82, 2.24) is 4.90 Å². The van der Waals surface area contributed by atoms with Crippen LogP contribution in [0.4, 0.5) is 8.78 Å². The van der Waals surface area contributed by atoms with Crippen LogP contribution in [0.1, 0.15) is 17.3 Å². The zero-order chi connectivity index (χ0) is 14.0. The third-order valence-electron chi connectivity index (χ3n) is 3.14. The maximum Gasteiger partial charge on any atom is 0.254 e. The molecule has 2 N–H and O–H groups in total. The number of morpholine rings is 1. The molecule has 2 unspecified atom stereocenters. The average Bonchev–Trinajstić information content (AvgIpc) is 2.37. The third-order valence-corrected chi connectivity index (χ3v) is 3.14. The van der Waals surface area contributed by atoms with Gasteiger partial charge in [0, 0.05) is 24.7 Å². The molecule has 1 aliphatic rings. The lowest BCUT2D eigenvalue weighted by atomic mass is 10.1. The second-order valence-corrected chi connectivity index (χ2v) is 4.66. The van der Waals surface area contributed by atoms with E-state index in [1.807, 2.05) is 6.92 Å². The Hall–Kier alpha value is -1.53. The number of benzene rings is 1. The van der Waals surface area contributed by atoms with Gasteiger partial charge in [0.2, 0.25) is 0 Å². The van der Waals surface area contributed by atoms with Crippen LogP contribution >= 0.6 is 0 Å². The molecular formula is C13H16F2N2O2. The fraction of sp³-hybridized carbons (Fsp3) is 0.462. The van der Waals surface area contributed by atoms with Gasteiger partial charge in [-0.3, -0.25) is 4.79 Å². The van der Waals surface area contributed by atoms with Crippen LogP contribution in [-0.2, 0) is 4.74 Å². The van der Waals surface area contributed by atoms with Gasteiger partial charge in [0.25, 0.3) is 5.91 Å². The molecule has 2 atom stereocenters. The molecule has 0 radical (unpaired) electrons. The quantitative estimate of drug-likeness (QED) is 0.877. The number of carbonyl (C=O) groups excluding carboxylic acids is 1. The summed E-state index contributed by atoms with van der Waals surface area (Å²) in [4.78, 5) is 13.8. The monoisotopic (exact) mass is 270 g/mol.